The highest BCUT2D eigenvalue weighted by molar-refractivity contribution is 6.04. The number of rotatable bonds is 4. The van der Waals surface area contributed by atoms with Crippen LogP contribution in [0.5, 0.6) is 11.5 Å². The average Bonchev–Trinajstić information content (AvgIpc) is 3.25. The van der Waals surface area contributed by atoms with E-state index in [-0.39, 0.29) is 11.7 Å². The summed E-state index contributed by atoms with van der Waals surface area (Å²) >= 11 is 0. The Morgan fingerprint density at radius 1 is 1.19 bits per heavy atom. The van der Waals surface area contributed by atoms with Gasteiger partial charge in [0.1, 0.15) is 5.52 Å². The van der Waals surface area contributed by atoms with Crippen LogP contribution in [0.2, 0.25) is 0 Å². The van der Waals surface area contributed by atoms with Crippen LogP contribution in [-0.2, 0) is 7.05 Å². The normalized spacial score (nSPS) is 10.9. The number of nitrogens with zero attached hydrogens (tertiary/aromatic N) is 4. The van der Waals surface area contributed by atoms with Crippen molar-refractivity contribution in [2.45, 2.75) is 6.92 Å². The molecule has 0 atom stereocenters. The van der Waals surface area contributed by atoms with E-state index >= 15 is 0 Å². The lowest BCUT2D eigenvalue weighted by Crippen LogP contribution is -2.13. The lowest BCUT2D eigenvalue weighted by atomic mass is 10.2. The van der Waals surface area contributed by atoms with Gasteiger partial charge in [-0.15, -0.1) is 0 Å². The molecule has 4 aromatic rings. The molecule has 0 aliphatic heterocycles. The second kappa shape index (κ2) is 6.56. The fraction of sp³-hybridized carbons (Fsp3) is 0.105. The van der Waals surface area contributed by atoms with Crippen molar-refractivity contribution in [1.29, 1.82) is 0 Å². The lowest BCUT2D eigenvalue weighted by Gasteiger charge is -2.10. The number of carbonyl (C=O) groups excluding carboxylic acids is 1. The van der Waals surface area contributed by atoms with Crippen LogP contribution in [-0.4, -0.2) is 25.3 Å². The highest BCUT2D eigenvalue weighted by Gasteiger charge is 2.15. The first-order chi connectivity index (χ1) is 13.0. The number of halogens is 1. The van der Waals surface area contributed by atoms with Gasteiger partial charge in [0.25, 0.3) is 5.91 Å². The molecule has 0 saturated heterocycles. The van der Waals surface area contributed by atoms with E-state index in [0.29, 0.717) is 17.0 Å². The molecule has 0 spiro atoms. The fourth-order valence-corrected chi connectivity index (χ4v) is 2.71. The molecule has 0 aliphatic carbocycles. The molecule has 4 rings (SSSR count). The van der Waals surface area contributed by atoms with Crippen LogP contribution >= 0.6 is 0 Å². The Hall–Kier alpha value is -3.68. The number of hydrogen-bond donors (Lipinski definition) is 1. The summed E-state index contributed by atoms with van der Waals surface area (Å²) in [6.45, 7) is 1.79. The van der Waals surface area contributed by atoms with Gasteiger partial charge >= 0.3 is 0 Å². The van der Waals surface area contributed by atoms with Crippen molar-refractivity contribution in [1.82, 2.24) is 19.4 Å². The number of amides is 1. The second-order valence-corrected chi connectivity index (χ2v) is 6.00. The van der Waals surface area contributed by atoms with E-state index in [1.54, 1.807) is 59.8 Å². The molecule has 1 amide bonds. The zero-order valence-electron chi connectivity index (χ0n) is 14.7. The molecule has 1 N–H and O–H groups in total. The third-order valence-electron chi connectivity index (χ3n) is 4.29. The van der Waals surface area contributed by atoms with Gasteiger partial charge in [0.15, 0.2) is 17.3 Å². The van der Waals surface area contributed by atoms with E-state index in [4.69, 9.17) is 4.74 Å². The van der Waals surface area contributed by atoms with Crippen molar-refractivity contribution in [2.24, 2.45) is 7.05 Å². The Labute approximate surface area is 154 Å². The van der Waals surface area contributed by atoms with Crippen LogP contribution in [0.1, 0.15) is 16.1 Å². The first-order valence-corrected chi connectivity index (χ1v) is 8.22. The predicted molar refractivity (Wildman–Crippen MR) is 97.6 cm³/mol. The zero-order chi connectivity index (χ0) is 19.0. The quantitative estimate of drug-likeness (QED) is 0.600. The molecule has 136 valence electrons. The molecule has 27 heavy (non-hydrogen) atoms. The summed E-state index contributed by atoms with van der Waals surface area (Å²) in [6.07, 6.45) is 4.89. The number of benzene rings is 1. The minimum atomic E-state index is -0.586. The molecule has 0 radical (unpaired) electrons. The van der Waals surface area contributed by atoms with Crippen molar-refractivity contribution >= 4 is 17.1 Å². The molecule has 0 fully saturated rings. The molecule has 8 heteroatoms. The number of nitrogens with one attached hydrogen (secondary N) is 1. The molecular weight excluding hydrogens is 349 g/mol. The van der Waals surface area contributed by atoms with E-state index in [2.05, 4.69) is 15.5 Å². The summed E-state index contributed by atoms with van der Waals surface area (Å²) in [5, 5.41) is 10.8. The topological polar surface area (TPSA) is 73.4 Å². The van der Waals surface area contributed by atoms with Gasteiger partial charge in [0.2, 0.25) is 0 Å². The molecule has 0 aliphatic rings. The van der Waals surface area contributed by atoms with E-state index in [9.17, 15) is 9.18 Å². The van der Waals surface area contributed by atoms with Crippen molar-refractivity contribution in [3.63, 3.8) is 0 Å². The molecule has 3 heterocycles. The number of ether oxygens (including phenoxy) is 1. The number of hydrogen-bond acceptors (Lipinski definition) is 4. The van der Waals surface area contributed by atoms with Gasteiger partial charge in [0.05, 0.1) is 18.0 Å². The molecule has 0 saturated carbocycles. The minimum Gasteiger partial charge on any atom is -0.452 e. The maximum atomic E-state index is 14.5. The molecule has 0 bridgehead atoms. The monoisotopic (exact) mass is 365 g/mol. The first kappa shape index (κ1) is 16.8. The van der Waals surface area contributed by atoms with Crippen molar-refractivity contribution in [3.8, 4) is 11.5 Å². The lowest BCUT2D eigenvalue weighted by molar-refractivity contribution is 0.102. The van der Waals surface area contributed by atoms with Gasteiger partial charge in [-0.2, -0.15) is 10.2 Å². The third-order valence-corrected chi connectivity index (χ3v) is 4.29. The van der Waals surface area contributed by atoms with Gasteiger partial charge < -0.3 is 10.1 Å². The molecule has 1 aromatic carbocycles. The number of fused-ring (bicyclic) bond motifs is 1. The summed E-state index contributed by atoms with van der Waals surface area (Å²) in [5.41, 5.74) is 2.21. The number of aryl methyl sites for hydroxylation is 1. The smallest absolute Gasteiger partial charge is 0.259 e. The molecule has 7 nitrogen and oxygen atoms in total. The Kier molecular flexibility index (Phi) is 4.08. The van der Waals surface area contributed by atoms with Crippen molar-refractivity contribution in [3.05, 3.63) is 72.1 Å². The van der Waals surface area contributed by atoms with Crippen molar-refractivity contribution < 1.29 is 13.9 Å². The van der Waals surface area contributed by atoms with Crippen LogP contribution in [0.25, 0.3) is 5.52 Å². The highest BCUT2D eigenvalue weighted by Crippen LogP contribution is 2.29. The maximum absolute atomic E-state index is 14.5. The minimum absolute atomic E-state index is 0.0554. The summed E-state index contributed by atoms with van der Waals surface area (Å²) in [5.74, 6) is -0.397. The molecule has 3 aromatic heterocycles. The van der Waals surface area contributed by atoms with E-state index in [1.807, 2.05) is 0 Å². The van der Waals surface area contributed by atoms with Crippen LogP contribution in [0.3, 0.4) is 0 Å². The van der Waals surface area contributed by atoms with Gasteiger partial charge in [-0.05, 0) is 37.3 Å². The first-order valence-electron chi connectivity index (χ1n) is 8.22. The van der Waals surface area contributed by atoms with Crippen molar-refractivity contribution in [2.75, 3.05) is 5.32 Å². The predicted octanol–water partition coefficient (Wildman–Crippen LogP) is 3.56. The second-order valence-electron chi connectivity index (χ2n) is 6.00. The van der Waals surface area contributed by atoms with Crippen LogP contribution in [0, 0.1) is 12.7 Å². The van der Waals surface area contributed by atoms with Gasteiger partial charge in [0, 0.05) is 30.7 Å². The Balaban J connectivity index is 1.55. The summed E-state index contributed by atoms with van der Waals surface area (Å²) in [7, 11) is 1.75. The number of aromatic nitrogens is 4. The summed E-state index contributed by atoms with van der Waals surface area (Å²) in [6, 6.07) is 9.54. The standard InChI is InChI=1S/C19H16FN5O2/c1-12-14(11-22-24(12)2)19(26)23-13-5-6-17(15(20)10-13)27-18-4-3-9-25-16(18)7-8-21-25/h3-11H,1-2H3,(H,23,26). The average molecular weight is 365 g/mol. The molecule has 0 unspecified atom stereocenters. The van der Waals surface area contributed by atoms with Gasteiger partial charge in [-0.3, -0.25) is 9.48 Å². The zero-order valence-corrected chi connectivity index (χ0v) is 14.7. The summed E-state index contributed by atoms with van der Waals surface area (Å²) in [4.78, 5) is 12.3. The molecular formula is C19H16FN5O2. The number of carbonyl (C=O) groups is 1. The van der Waals surface area contributed by atoms with E-state index < -0.39 is 5.82 Å². The van der Waals surface area contributed by atoms with E-state index in [1.165, 1.54) is 18.3 Å². The number of anilines is 1. The van der Waals surface area contributed by atoms with Crippen LogP contribution in [0.15, 0.2) is 55.0 Å². The van der Waals surface area contributed by atoms with Gasteiger partial charge in [-0.1, -0.05) is 0 Å². The SMILES string of the molecule is Cc1c(C(=O)Nc2ccc(Oc3cccn4nccc34)c(F)c2)cnn1C. The van der Waals surface area contributed by atoms with Gasteiger partial charge in [-0.25, -0.2) is 8.91 Å². The van der Waals surface area contributed by atoms with Crippen LogP contribution in [0.4, 0.5) is 10.1 Å². The van der Waals surface area contributed by atoms with Crippen LogP contribution < -0.4 is 10.1 Å². The highest BCUT2D eigenvalue weighted by atomic mass is 19.1. The largest absolute Gasteiger partial charge is 0.452 e. The Morgan fingerprint density at radius 2 is 2.04 bits per heavy atom. The Morgan fingerprint density at radius 3 is 2.78 bits per heavy atom. The maximum Gasteiger partial charge on any atom is 0.259 e. The fourth-order valence-electron chi connectivity index (χ4n) is 2.71. The van der Waals surface area contributed by atoms with E-state index in [0.717, 1.165) is 11.2 Å². The number of pyridine rings is 1. The Bertz CT molecular complexity index is 1150. The summed E-state index contributed by atoms with van der Waals surface area (Å²) < 4.78 is 23.4. The third kappa shape index (κ3) is 3.12.